The summed E-state index contributed by atoms with van der Waals surface area (Å²) >= 11 is 5.82. The fourth-order valence-corrected chi connectivity index (χ4v) is 3.25. The average Bonchev–Trinajstić information content (AvgIpc) is 2.44. The Kier molecular flexibility index (Phi) is 6.44. The minimum atomic E-state index is -3.92. The lowest BCUT2D eigenvalue weighted by Gasteiger charge is -2.16. The van der Waals surface area contributed by atoms with Gasteiger partial charge in [0, 0.05) is 11.6 Å². The minimum Gasteiger partial charge on any atom is -0.495 e. The van der Waals surface area contributed by atoms with E-state index in [1.165, 1.54) is 32.2 Å². The normalized spacial score (nSPS) is 12.8. The molecule has 0 aromatic heterocycles. The zero-order valence-electron chi connectivity index (χ0n) is 12.1. The molecule has 0 heterocycles. The van der Waals surface area contributed by atoms with E-state index in [2.05, 4.69) is 10.0 Å². The molecular weight excluding hydrogens is 316 g/mol. The second-order valence-corrected chi connectivity index (χ2v) is 6.55. The van der Waals surface area contributed by atoms with Gasteiger partial charge in [0.1, 0.15) is 10.6 Å². The zero-order valence-corrected chi connectivity index (χ0v) is 13.7. The van der Waals surface area contributed by atoms with E-state index in [1.807, 2.05) is 6.92 Å². The molecule has 0 aliphatic rings. The van der Waals surface area contributed by atoms with E-state index < -0.39 is 16.1 Å². The smallest absolute Gasteiger partial charge is 0.245 e. The molecule has 0 spiro atoms. The molecule has 1 aromatic carbocycles. The number of hydrogen-bond acceptors (Lipinski definition) is 4. The van der Waals surface area contributed by atoms with Crippen LogP contribution in [0.2, 0.25) is 5.02 Å². The summed E-state index contributed by atoms with van der Waals surface area (Å²) < 4.78 is 32.0. The topological polar surface area (TPSA) is 84.5 Å². The summed E-state index contributed by atoms with van der Waals surface area (Å²) in [5, 5.41) is 2.89. The Labute approximate surface area is 129 Å². The van der Waals surface area contributed by atoms with E-state index in [9.17, 15) is 13.2 Å². The Hall–Kier alpha value is -1.31. The van der Waals surface area contributed by atoms with Gasteiger partial charge in [0.25, 0.3) is 0 Å². The predicted octanol–water partition coefficient (Wildman–Crippen LogP) is 1.54. The molecule has 0 aliphatic heterocycles. The van der Waals surface area contributed by atoms with E-state index in [-0.39, 0.29) is 21.6 Å². The van der Waals surface area contributed by atoms with Crippen LogP contribution in [0.25, 0.3) is 0 Å². The van der Waals surface area contributed by atoms with Crippen LogP contribution >= 0.6 is 11.6 Å². The first-order valence-corrected chi connectivity index (χ1v) is 8.31. The maximum absolute atomic E-state index is 12.3. The highest BCUT2D eigenvalue weighted by molar-refractivity contribution is 7.89. The summed E-state index contributed by atoms with van der Waals surface area (Å²) in [5.41, 5.74) is 0. The summed E-state index contributed by atoms with van der Waals surface area (Å²) in [6, 6.07) is 3.36. The Morgan fingerprint density at radius 1 is 1.43 bits per heavy atom. The fourth-order valence-electron chi connectivity index (χ4n) is 1.61. The van der Waals surface area contributed by atoms with Crippen molar-refractivity contribution in [3.8, 4) is 5.75 Å². The van der Waals surface area contributed by atoms with E-state index >= 15 is 0 Å². The van der Waals surface area contributed by atoms with Crippen LogP contribution in [-0.2, 0) is 14.8 Å². The number of carbonyl (C=O) groups excluding carboxylic acids is 1. The van der Waals surface area contributed by atoms with Gasteiger partial charge in [-0.2, -0.15) is 4.72 Å². The maximum atomic E-state index is 12.3. The van der Waals surface area contributed by atoms with Crippen molar-refractivity contribution in [2.24, 2.45) is 0 Å². The molecule has 1 aromatic rings. The molecule has 2 N–H and O–H groups in total. The van der Waals surface area contributed by atoms with Crippen molar-refractivity contribution in [2.45, 2.75) is 31.2 Å². The van der Waals surface area contributed by atoms with E-state index in [1.54, 1.807) is 0 Å². The van der Waals surface area contributed by atoms with Crippen molar-refractivity contribution >= 4 is 27.5 Å². The first kappa shape index (κ1) is 17.7. The number of halogens is 1. The van der Waals surface area contributed by atoms with Crippen LogP contribution in [-0.4, -0.2) is 34.0 Å². The summed E-state index contributed by atoms with van der Waals surface area (Å²) in [5.74, 6) is -0.227. The van der Waals surface area contributed by atoms with Gasteiger partial charge in [-0.3, -0.25) is 4.79 Å². The van der Waals surface area contributed by atoms with Gasteiger partial charge in [0.2, 0.25) is 15.9 Å². The number of rotatable bonds is 7. The minimum absolute atomic E-state index is 0.104. The van der Waals surface area contributed by atoms with Gasteiger partial charge < -0.3 is 10.1 Å². The van der Waals surface area contributed by atoms with Crippen molar-refractivity contribution in [1.82, 2.24) is 10.0 Å². The van der Waals surface area contributed by atoms with Crippen LogP contribution in [0.5, 0.6) is 5.75 Å². The van der Waals surface area contributed by atoms with Gasteiger partial charge in [0.05, 0.1) is 13.2 Å². The molecule has 0 fully saturated rings. The molecule has 8 heteroatoms. The first-order valence-electron chi connectivity index (χ1n) is 6.45. The van der Waals surface area contributed by atoms with Crippen LogP contribution in [0.4, 0.5) is 0 Å². The van der Waals surface area contributed by atoms with Gasteiger partial charge >= 0.3 is 0 Å². The summed E-state index contributed by atoms with van der Waals surface area (Å²) in [7, 11) is -2.55. The molecule has 0 saturated carbocycles. The first-order chi connectivity index (χ1) is 9.81. The van der Waals surface area contributed by atoms with Gasteiger partial charge in [-0.1, -0.05) is 18.5 Å². The Bertz CT molecular complexity index is 604. The number of methoxy groups -OCH3 is 1. The SMILES string of the molecule is CCCNC(=O)[C@H](C)NS(=O)(=O)c1cc(Cl)ccc1OC. The van der Waals surface area contributed by atoms with Crippen molar-refractivity contribution in [2.75, 3.05) is 13.7 Å². The molecule has 0 aliphatic carbocycles. The Morgan fingerprint density at radius 3 is 2.67 bits per heavy atom. The largest absolute Gasteiger partial charge is 0.495 e. The van der Waals surface area contributed by atoms with Gasteiger partial charge in [-0.25, -0.2) is 8.42 Å². The Balaban J connectivity index is 2.96. The highest BCUT2D eigenvalue weighted by atomic mass is 35.5. The molecule has 1 rings (SSSR count). The quantitative estimate of drug-likeness (QED) is 0.792. The Morgan fingerprint density at radius 2 is 2.10 bits per heavy atom. The molecule has 0 unspecified atom stereocenters. The lowest BCUT2D eigenvalue weighted by Crippen LogP contribution is -2.44. The molecular formula is C13H19ClN2O4S. The monoisotopic (exact) mass is 334 g/mol. The maximum Gasteiger partial charge on any atom is 0.245 e. The van der Waals surface area contributed by atoms with E-state index in [0.717, 1.165) is 6.42 Å². The number of benzene rings is 1. The van der Waals surface area contributed by atoms with Gasteiger partial charge in [-0.05, 0) is 31.5 Å². The number of amides is 1. The second-order valence-electron chi connectivity index (χ2n) is 4.43. The summed E-state index contributed by atoms with van der Waals surface area (Å²) in [6.45, 7) is 3.87. The lowest BCUT2D eigenvalue weighted by molar-refractivity contribution is -0.122. The lowest BCUT2D eigenvalue weighted by atomic mass is 10.3. The highest BCUT2D eigenvalue weighted by Gasteiger charge is 2.25. The summed E-state index contributed by atoms with van der Waals surface area (Å²) in [6.07, 6.45) is 0.771. The third kappa shape index (κ3) is 4.87. The van der Waals surface area contributed by atoms with Crippen LogP contribution in [0, 0.1) is 0 Å². The van der Waals surface area contributed by atoms with Crippen LogP contribution in [0.15, 0.2) is 23.1 Å². The standard InChI is InChI=1S/C13H19ClN2O4S/c1-4-7-15-13(17)9(2)16-21(18,19)12-8-10(14)5-6-11(12)20-3/h5-6,8-9,16H,4,7H2,1-3H3,(H,15,17)/t9-/m0/s1. The molecule has 6 nitrogen and oxygen atoms in total. The molecule has 1 atom stereocenters. The molecule has 0 radical (unpaired) electrons. The number of hydrogen-bond donors (Lipinski definition) is 2. The van der Waals surface area contributed by atoms with Crippen molar-refractivity contribution in [1.29, 1.82) is 0 Å². The second kappa shape index (κ2) is 7.63. The predicted molar refractivity (Wildman–Crippen MR) is 81.1 cm³/mol. The molecule has 0 bridgehead atoms. The number of nitrogens with one attached hydrogen (secondary N) is 2. The summed E-state index contributed by atoms with van der Waals surface area (Å²) in [4.78, 5) is 11.6. The average molecular weight is 335 g/mol. The van der Waals surface area contributed by atoms with Gasteiger partial charge in [-0.15, -0.1) is 0 Å². The van der Waals surface area contributed by atoms with E-state index in [0.29, 0.717) is 6.54 Å². The van der Waals surface area contributed by atoms with Crippen LogP contribution in [0.1, 0.15) is 20.3 Å². The molecule has 0 saturated heterocycles. The van der Waals surface area contributed by atoms with Crippen LogP contribution in [0.3, 0.4) is 0 Å². The number of carbonyl (C=O) groups is 1. The fraction of sp³-hybridized carbons (Fsp3) is 0.462. The highest BCUT2D eigenvalue weighted by Crippen LogP contribution is 2.26. The number of sulfonamides is 1. The van der Waals surface area contributed by atoms with Crippen molar-refractivity contribution < 1.29 is 17.9 Å². The molecule has 1 amide bonds. The van der Waals surface area contributed by atoms with Crippen LogP contribution < -0.4 is 14.8 Å². The molecule has 21 heavy (non-hydrogen) atoms. The zero-order chi connectivity index (χ0) is 16.0. The van der Waals surface area contributed by atoms with Crippen molar-refractivity contribution in [3.63, 3.8) is 0 Å². The third-order valence-corrected chi connectivity index (χ3v) is 4.49. The van der Waals surface area contributed by atoms with Crippen molar-refractivity contribution in [3.05, 3.63) is 23.2 Å². The molecule has 118 valence electrons. The third-order valence-electron chi connectivity index (χ3n) is 2.69. The van der Waals surface area contributed by atoms with E-state index in [4.69, 9.17) is 16.3 Å². The number of ether oxygens (including phenoxy) is 1. The van der Waals surface area contributed by atoms with Gasteiger partial charge in [0.15, 0.2) is 0 Å².